The second-order valence-corrected chi connectivity index (χ2v) is 5.95. The van der Waals surface area contributed by atoms with Crippen LogP contribution in [0.25, 0.3) is 0 Å². The molecule has 0 radical (unpaired) electrons. The fourth-order valence-electron chi connectivity index (χ4n) is 1.95. The molecule has 3 amide bonds. The molecule has 0 saturated heterocycles. The molecule has 1 aromatic heterocycles. The predicted molar refractivity (Wildman–Crippen MR) is 88.4 cm³/mol. The van der Waals surface area contributed by atoms with Crippen molar-refractivity contribution in [3.63, 3.8) is 0 Å². The number of esters is 1. The van der Waals surface area contributed by atoms with Gasteiger partial charge in [0.15, 0.2) is 0 Å². The summed E-state index contributed by atoms with van der Waals surface area (Å²) in [5.41, 5.74) is 1.06. The van der Waals surface area contributed by atoms with Gasteiger partial charge in [-0.1, -0.05) is 30.3 Å². The maximum absolute atomic E-state index is 12.2. The summed E-state index contributed by atoms with van der Waals surface area (Å²) in [7, 11) is 1.39. The Morgan fingerprint density at radius 3 is 2.54 bits per heavy atom. The summed E-state index contributed by atoms with van der Waals surface area (Å²) in [6.07, 6.45) is -1.25. The van der Waals surface area contributed by atoms with E-state index < -0.39 is 24.0 Å². The topological polar surface area (TPSA) is 97.4 Å². The summed E-state index contributed by atoms with van der Waals surface area (Å²) in [5, 5.41) is 7.00. The Kier molecular flexibility index (Phi) is 6.02. The molecule has 1 heterocycles. The largest absolute Gasteiger partial charge is 0.447 e. The maximum Gasteiger partial charge on any atom is 0.321 e. The Labute approximate surface area is 143 Å². The van der Waals surface area contributed by atoms with Gasteiger partial charge in [0.1, 0.15) is 0 Å². The van der Waals surface area contributed by atoms with Crippen LogP contribution in [0.3, 0.4) is 0 Å². The first-order chi connectivity index (χ1) is 11.5. The molecular formula is C16H17N3O4S. The van der Waals surface area contributed by atoms with E-state index in [0.29, 0.717) is 11.3 Å². The van der Waals surface area contributed by atoms with Crippen LogP contribution >= 0.6 is 11.3 Å². The number of urea groups is 1. The van der Waals surface area contributed by atoms with Crippen molar-refractivity contribution < 1.29 is 19.1 Å². The number of hydrogen-bond donors (Lipinski definition) is 2. The normalized spacial score (nSPS) is 11.4. The maximum atomic E-state index is 12.2. The number of benzene rings is 1. The third kappa shape index (κ3) is 4.88. The van der Waals surface area contributed by atoms with Crippen molar-refractivity contribution in [2.75, 3.05) is 7.05 Å². The molecule has 0 bridgehead atoms. The molecular weight excluding hydrogens is 330 g/mol. The zero-order valence-electron chi connectivity index (χ0n) is 13.2. The Bertz CT molecular complexity index is 730. The third-order valence-electron chi connectivity index (χ3n) is 3.05. The molecule has 2 aromatic rings. The second-order valence-electron chi connectivity index (χ2n) is 4.88. The summed E-state index contributed by atoms with van der Waals surface area (Å²) in [5.74, 6) is -1.32. The van der Waals surface area contributed by atoms with E-state index in [4.69, 9.17) is 4.74 Å². The highest BCUT2D eigenvalue weighted by molar-refractivity contribution is 7.09. The number of aromatic nitrogens is 1. The van der Waals surface area contributed by atoms with Gasteiger partial charge in [-0.3, -0.25) is 14.9 Å². The average molecular weight is 347 g/mol. The van der Waals surface area contributed by atoms with E-state index in [2.05, 4.69) is 15.6 Å². The molecule has 0 aliphatic rings. The first-order valence-electron chi connectivity index (χ1n) is 7.17. The van der Waals surface area contributed by atoms with Gasteiger partial charge in [0.2, 0.25) is 6.10 Å². The van der Waals surface area contributed by atoms with Crippen LogP contribution in [0.5, 0.6) is 0 Å². The fraction of sp³-hybridized carbons (Fsp3) is 0.250. The van der Waals surface area contributed by atoms with Gasteiger partial charge in [-0.2, -0.15) is 0 Å². The summed E-state index contributed by atoms with van der Waals surface area (Å²) < 4.78 is 5.29. The molecule has 8 heteroatoms. The molecule has 24 heavy (non-hydrogen) atoms. The summed E-state index contributed by atoms with van der Waals surface area (Å²) in [6.45, 7) is 1.84. The Morgan fingerprint density at radius 2 is 1.96 bits per heavy atom. The number of nitrogens with one attached hydrogen (secondary N) is 2. The molecule has 1 aromatic carbocycles. The van der Waals surface area contributed by atoms with E-state index >= 15 is 0 Å². The number of aryl methyl sites for hydroxylation is 1. The van der Waals surface area contributed by atoms with Crippen molar-refractivity contribution >= 4 is 29.2 Å². The highest BCUT2D eigenvalue weighted by Gasteiger charge is 2.26. The number of ether oxygens (including phenoxy) is 1. The lowest BCUT2D eigenvalue weighted by Crippen LogP contribution is -2.41. The number of nitrogens with zero attached hydrogens (tertiary/aromatic N) is 1. The van der Waals surface area contributed by atoms with E-state index in [0.717, 1.165) is 5.01 Å². The zero-order valence-corrected chi connectivity index (χ0v) is 14.1. The summed E-state index contributed by atoms with van der Waals surface area (Å²) >= 11 is 1.43. The standard InChI is InChI=1S/C16H17N3O4S/c1-10-18-12(9-24-10)8-13(20)23-14(11-6-4-3-5-7-11)15(21)19-16(22)17-2/h3-7,9,14H,8H2,1-2H3,(H2,17,19,21,22)/t14-/m1/s1. The molecule has 0 aliphatic carbocycles. The predicted octanol–water partition coefficient (Wildman–Crippen LogP) is 1.73. The van der Waals surface area contributed by atoms with Gasteiger partial charge in [-0.25, -0.2) is 9.78 Å². The van der Waals surface area contributed by atoms with E-state index in [1.165, 1.54) is 18.4 Å². The van der Waals surface area contributed by atoms with Gasteiger partial charge < -0.3 is 10.1 Å². The monoisotopic (exact) mass is 347 g/mol. The molecule has 0 spiro atoms. The molecule has 126 valence electrons. The SMILES string of the molecule is CNC(=O)NC(=O)[C@H](OC(=O)Cc1csc(C)n1)c1ccccc1. The lowest BCUT2D eigenvalue weighted by molar-refractivity contribution is -0.155. The minimum Gasteiger partial charge on any atom is -0.447 e. The highest BCUT2D eigenvalue weighted by atomic mass is 32.1. The molecule has 7 nitrogen and oxygen atoms in total. The summed E-state index contributed by atoms with van der Waals surface area (Å²) in [6, 6.07) is 7.83. The minimum atomic E-state index is -1.21. The fourth-order valence-corrected chi connectivity index (χ4v) is 2.56. The van der Waals surface area contributed by atoms with Crippen LogP contribution in [0, 0.1) is 6.92 Å². The van der Waals surface area contributed by atoms with Crippen LogP contribution in [0.2, 0.25) is 0 Å². The van der Waals surface area contributed by atoms with Crippen molar-refractivity contribution in [2.45, 2.75) is 19.4 Å². The van der Waals surface area contributed by atoms with Gasteiger partial charge in [0.05, 0.1) is 17.1 Å². The van der Waals surface area contributed by atoms with Crippen LogP contribution < -0.4 is 10.6 Å². The molecule has 0 aliphatic heterocycles. The van der Waals surface area contributed by atoms with Crippen molar-refractivity contribution in [1.82, 2.24) is 15.6 Å². The smallest absolute Gasteiger partial charge is 0.321 e. The molecule has 0 fully saturated rings. The van der Waals surface area contributed by atoms with Crippen molar-refractivity contribution in [3.05, 3.63) is 52.0 Å². The second kappa shape index (κ2) is 8.21. The molecule has 0 unspecified atom stereocenters. The molecule has 1 atom stereocenters. The Morgan fingerprint density at radius 1 is 1.25 bits per heavy atom. The van der Waals surface area contributed by atoms with Crippen LogP contribution in [-0.4, -0.2) is 29.9 Å². The lowest BCUT2D eigenvalue weighted by Gasteiger charge is -2.17. The van der Waals surface area contributed by atoms with E-state index in [1.807, 2.05) is 6.92 Å². The molecule has 0 saturated carbocycles. The number of carbonyl (C=O) groups excluding carboxylic acids is 3. The van der Waals surface area contributed by atoms with Crippen molar-refractivity contribution in [1.29, 1.82) is 0 Å². The van der Waals surface area contributed by atoms with Crippen molar-refractivity contribution in [3.8, 4) is 0 Å². The van der Waals surface area contributed by atoms with Gasteiger partial charge in [-0.15, -0.1) is 11.3 Å². The quantitative estimate of drug-likeness (QED) is 0.803. The first kappa shape index (κ1) is 17.6. The van der Waals surface area contributed by atoms with E-state index in [-0.39, 0.29) is 6.42 Å². The summed E-state index contributed by atoms with van der Waals surface area (Å²) in [4.78, 5) is 39.9. The highest BCUT2D eigenvalue weighted by Crippen LogP contribution is 2.19. The van der Waals surface area contributed by atoms with E-state index in [9.17, 15) is 14.4 Å². The Balaban J connectivity index is 2.12. The number of amides is 3. The minimum absolute atomic E-state index is 0.0407. The zero-order chi connectivity index (χ0) is 17.5. The van der Waals surface area contributed by atoms with Crippen LogP contribution in [-0.2, 0) is 20.7 Å². The third-order valence-corrected chi connectivity index (χ3v) is 3.87. The van der Waals surface area contributed by atoms with E-state index in [1.54, 1.807) is 35.7 Å². The van der Waals surface area contributed by atoms with Crippen LogP contribution in [0.4, 0.5) is 4.79 Å². The number of thiazole rings is 1. The van der Waals surface area contributed by atoms with Crippen LogP contribution in [0.15, 0.2) is 35.7 Å². The Hall–Kier alpha value is -2.74. The van der Waals surface area contributed by atoms with Crippen molar-refractivity contribution in [2.24, 2.45) is 0 Å². The number of carbonyl (C=O) groups is 3. The number of rotatable bonds is 5. The number of imide groups is 1. The van der Waals surface area contributed by atoms with Gasteiger partial charge in [-0.05, 0) is 6.92 Å². The van der Waals surface area contributed by atoms with Gasteiger partial charge in [0.25, 0.3) is 5.91 Å². The first-order valence-corrected chi connectivity index (χ1v) is 8.05. The van der Waals surface area contributed by atoms with Gasteiger partial charge in [0, 0.05) is 18.0 Å². The lowest BCUT2D eigenvalue weighted by atomic mass is 10.1. The van der Waals surface area contributed by atoms with Crippen LogP contribution in [0.1, 0.15) is 22.4 Å². The molecule has 2 rings (SSSR count). The average Bonchev–Trinajstić information content (AvgIpc) is 2.98. The molecule has 2 N–H and O–H groups in total. The van der Waals surface area contributed by atoms with Gasteiger partial charge >= 0.3 is 12.0 Å². The number of hydrogen-bond acceptors (Lipinski definition) is 6.